The Morgan fingerprint density at radius 2 is 2.00 bits per heavy atom. The van der Waals surface area contributed by atoms with Gasteiger partial charge in [0.05, 0.1) is 0 Å². The summed E-state index contributed by atoms with van der Waals surface area (Å²) in [5.74, 6) is -3.10. The van der Waals surface area contributed by atoms with Gasteiger partial charge in [-0.15, -0.1) is 11.6 Å². The van der Waals surface area contributed by atoms with Crippen LogP contribution in [-0.4, -0.2) is 26.1 Å². The lowest BCUT2D eigenvalue weighted by Gasteiger charge is -2.09. The van der Waals surface area contributed by atoms with E-state index >= 15 is 0 Å². The van der Waals surface area contributed by atoms with E-state index in [0.29, 0.717) is 0 Å². The Kier molecular flexibility index (Phi) is 3.48. The summed E-state index contributed by atoms with van der Waals surface area (Å²) in [6.07, 6.45) is 1.90. The number of hydrogen-bond donors (Lipinski definition) is 1. The van der Waals surface area contributed by atoms with Gasteiger partial charge in [0.1, 0.15) is 0 Å². The molecular formula is C6H10ClF2NO2S. The second kappa shape index (κ2) is 4.06. The number of alkyl halides is 3. The minimum atomic E-state index is -4.47. The first kappa shape index (κ1) is 11.1. The predicted octanol–water partition coefficient (Wildman–Crippen LogP) is 1.15. The van der Waals surface area contributed by atoms with Crippen molar-refractivity contribution in [3.05, 3.63) is 0 Å². The zero-order chi connectivity index (χ0) is 10.1. The molecule has 0 amide bonds. The second-order valence-corrected chi connectivity index (χ2v) is 5.30. The summed E-state index contributed by atoms with van der Waals surface area (Å²) in [6, 6.07) is 0. The van der Waals surface area contributed by atoms with E-state index in [2.05, 4.69) is 0 Å². The van der Waals surface area contributed by atoms with Crippen molar-refractivity contribution >= 4 is 21.6 Å². The zero-order valence-corrected chi connectivity index (χ0v) is 8.28. The van der Waals surface area contributed by atoms with Gasteiger partial charge in [0.2, 0.25) is 0 Å². The van der Waals surface area contributed by atoms with Gasteiger partial charge >= 0.3 is 5.76 Å². The summed E-state index contributed by atoms with van der Waals surface area (Å²) >= 11 is 5.72. The summed E-state index contributed by atoms with van der Waals surface area (Å²) in [6.45, 7) is -0.112. The fraction of sp³-hybridized carbons (Fsp3) is 1.00. The summed E-state index contributed by atoms with van der Waals surface area (Å²) in [5.41, 5.74) is 0. The van der Waals surface area contributed by atoms with E-state index in [1.54, 1.807) is 4.72 Å². The highest BCUT2D eigenvalue weighted by atomic mass is 35.5. The Labute approximate surface area is 80.5 Å². The molecule has 7 heteroatoms. The second-order valence-electron chi connectivity index (χ2n) is 3.01. The van der Waals surface area contributed by atoms with Crippen LogP contribution in [0, 0.1) is 5.92 Å². The van der Waals surface area contributed by atoms with Gasteiger partial charge in [-0.25, -0.2) is 13.1 Å². The van der Waals surface area contributed by atoms with Crippen LogP contribution in [0.15, 0.2) is 0 Å². The van der Waals surface area contributed by atoms with E-state index in [0.717, 1.165) is 12.8 Å². The van der Waals surface area contributed by atoms with Crippen molar-refractivity contribution in [2.45, 2.75) is 24.0 Å². The summed E-state index contributed by atoms with van der Waals surface area (Å²) in [7, 11) is -4.47. The summed E-state index contributed by atoms with van der Waals surface area (Å²) in [5, 5.41) is -0.367. The molecule has 0 heterocycles. The van der Waals surface area contributed by atoms with Crippen LogP contribution in [0.3, 0.4) is 0 Å². The molecule has 0 aliphatic heterocycles. The molecule has 13 heavy (non-hydrogen) atoms. The summed E-state index contributed by atoms with van der Waals surface area (Å²) in [4.78, 5) is 0. The van der Waals surface area contributed by atoms with Gasteiger partial charge in [0.15, 0.2) is 0 Å². The SMILES string of the molecule is O=S(=O)(NCC(Cl)C1CC1)C(F)F. The summed E-state index contributed by atoms with van der Waals surface area (Å²) < 4.78 is 46.5. The number of sulfonamides is 1. The fourth-order valence-electron chi connectivity index (χ4n) is 0.883. The molecule has 0 aromatic heterocycles. The largest absolute Gasteiger partial charge is 0.350 e. The maximum absolute atomic E-state index is 11.8. The van der Waals surface area contributed by atoms with Crippen molar-refractivity contribution in [2.75, 3.05) is 6.54 Å². The Morgan fingerprint density at radius 3 is 2.38 bits per heavy atom. The van der Waals surface area contributed by atoms with Gasteiger partial charge in [-0.3, -0.25) is 0 Å². The van der Waals surface area contributed by atoms with Crippen LogP contribution in [0.4, 0.5) is 8.78 Å². The number of nitrogens with one attached hydrogen (secondary N) is 1. The lowest BCUT2D eigenvalue weighted by atomic mass is 10.3. The van der Waals surface area contributed by atoms with E-state index in [1.807, 2.05) is 0 Å². The number of halogens is 3. The third-order valence-corrected chi connectivity index (χ3v) is 3.40. The van der Waals surface area contributed by atoms with Crippen molar-refractivity contribution in [1.82, 2.24) is 4.72 Å². The lowest BCUT2D eigenvalue weighted by Crippen LogP contribution is -2.34. The fourth-order valence-corrected chi connectivity index (χ4v) is 1.84. The van der Waals surface area contributed by atoms with Gasteiger partial charge in [0, 0.05) is 11.9 Å². The molecule has 0 aromatic carbocycles. The maximum Gasteiger partial charge on any atom is 0.350 e. The first-order chi connectivity index (χ1) is 5.93. The molecule has 1 saturated carbocycles. The standard InChI is InChI=1S/C6H10ClF2NO2S/c7-5(4-1-2-4)3-10-13(11,12)6(8)9/h4-6,10H,1-3H2. The third-order valence-electron chi connectivity index (χ3n) is 1.85. The van der Waals surface area contributed by atoms with Crippen molar-refractivity contribution in [3.8, 4) is 0 Å². The van der Waals surface area contributed by atoms with Gasteiger partial charge in [-0.1, -0.05) is 0 Å². The lowest BCUT2D eigenvalue weighted by molar-refractivity contribution is 0.232. The minimum absolute atomic E-state index is 0.112. The first-order valence-corrected chi connectivity index (χ1v) is 5.82. The Bertz CT molecular complexity index is 266. The van der Waals surface area contributed by atoms with Gasteiger partial charge in [0.25, 0.3) is 10.0 Å². The first-order valence-electron chi connectivity index (χ1n) is 3.84. The molecule has 1 fully saturated rings. The number of hydrogen-bond acceptors (Lipinski definition) is 2. The van der Waals surface area contributed by atoms with Crippen molar-refractivity contribution in [3.63, 3.8) is 0 Å². The Hall–Kier alpha value is 0.0600. The topological polar surface area (TPSA) is 46.2 Å². The zero-order valence-electron chi connectivity index (χ0n) is 6.71. The molecule has 1 atom stereocenters. The molecule has 0 radical (unpaired) electrons. The van der Waals surface area contributed by atoms with Crippen LogP contribution in [-0.2, 0) is 10.0 Å². The molecule has 78 valence electrons. The highest BCUT2D eigenvalue weighted by Crippen LogP contribution is 2.35. The monoisotopic (exact) mass is 233 g/mol. The van der Waals surface area contributed by atoms with Crippen LogP contribution in [0.1, 0.15) is 12.8 Å². The van der Waals surface area contributed by atoms with Crippen molar-refractivity contribution in [2.24, 2.45) is 5.92 Å². The van der Waals surface area contributed by atoms with Crippen LogP contribution < -0.4 is 4.72 Å². The van der Waals surface area contributed by atoms with E-state index in [1.165, 1.54) is 0 Å². The predicted molar refractivity (Wildman–Crippen MR) is 45.3 cm³/mol. The smallest absolute Gasteiger partial charge is 0.209 e. The van der Waals surface area contributed by atoms with E-state index in [9.17, 15) is 17.2 Å². The normalized spacial score (nSPS) is 20.6. The average molecular weight is 234 g/mol. The molecular weight excluding hydrogens is 224 g/mol. The van der Waals surface area contributed by atoms with Crippen LogP contribution in [0.5, 0.6) is 0 Å². The average Bonchev–Trinajstić information content (AvgIpc) is 2.82. The third kappa shape index (κ3) is 3.36. The van der Waals surface area contributed by atoms with Crippen LogP contribution >= 0.6 is 11.6 Å². The molecule has 0 aromatic rings. The van der Waals surface area contributed by atoms with Crippen LogP contribution in [0.2, 0.25) is 0 Å². The van der Waals surface area contributed by atoms with Crippen LogP contribution in [0.25, 0.3) is 0 Å². The highest BCUT2D eigenvalue weighted by molar-refractivity contribution is 7.89. The van der Waals surface area contributed by atoms with Gasteiger partial charge in [-0.2, -0.15) is 8.78 Å². The van der Waals surface area contributed by atoms with E-state index in [-0.39, 0.29) is 17.8 Å². The molecule has 0 bridgehead atoms. The minimum Gasteiger partial charge on any atom is -0.209 e. The van der Waals surface area contributed by atoms with Crippen molar-refractivity contribution in [1.29, 1.82) is 0 Å². The maximum atomic E-state index is 11.8. The van der Waals surface area contributed by atoms with Crippen molar-refractivity contribution < 1.29 is 17.2 Å². The molecule has 1 aliphatic rings. The molecule has 1 N–H and O–H groups in total. The molecule has 3 nitrogen and oxygen atoms in total. The highest BCUT2D eigenvalue weighted by Gasteiger charge is 2.32. The molecule has 1 aliphatic carbocycles. The van der Waals surface area contributed by atoms with Gasteiger partial charge in [-0.05, 0) is 18.8 Å². The van der Waals surface area contributed by atoms with E-state index in [4.69, 9.17) is 11.6 Å². The Balaban J connectivity index is 2.32. The molecule has 1 unspecified atom stereocenters. The molecule has 0 spiro atoms. The molecule has 0 saturated heterocycles. The Morgan fingerprint density at radius 1 is 1.46 bits per heavy atom. The number of rotatable bonds is 5. The quantitative estimate of drug-likeness (QED) is 0.724. The van der Waals surface area contributed by atoms with E-state index < -0.39 is 15.8 Å². The molecule has 1 rings (SSSR count). The van der Waals surface area contributed by atoms with Gasteiger partial charge < -0.3 is 0 Å².